The normalized spacial score (nSPS) is 15.5. The summed E-state index contributed by atoms with van der Waals surface area (Å²) in [4.78, 5) is 54.4. The van der Waals surface area contributed by atoms with Gasteiger partial charge in [-0.15, -0.1) is 0 Å². The highest BCUT2D eigenvalue weighted by molar-refractivity contribution is 6.33. The molecule has 1 aliphatic rings. The number of anilines is 1. The van der Waals surface area contributed by atoms with E-state index < -0.39 is 5.69 Å². The van der Waals surface area contributed by atoms with Gasteiger partial charge in [0.1, 0.15) is 5.82 Å². The lowest BCUT2D eigenvalue weighted by atomic mass is 10.1. The second kappa shape index (κ2) is 10.9. The molecular weight excluding hydrogens is 516 g/mol. The minimum atomic E-state index is -0.486. The number of carbonyl (C=O) groups excluding carboxylic acids is 1. The van der Waals surface area contributed by atoms with Gasteiger partial charge in [-0.25, -0.2) is 14.3 Å². The van der Waals surface area contributed by atoms with Gasteiger partial charge in [-0.1, -0.05) is 49.7 Å². The number of nitrogens with one attached hydrogen (secondary N) is 1. The number of piperazine rings is 1. The number of aromatic nitrogens is 4. The lowest BCUT2D eigenvalue weighted by molar-refractivity contribution is -0.126. The number of carbonyl (C=O) groups is 1. The van der Waals surface area contributed by atoms with Crippen molar-refractivity contribution in [2.45, 2.75) is 32.7 Å². The van der Waals surface area contributed by atoms with Crippen LogP contribution < -0.4 is 16.1 Å². The van der Waals surface area contributed by atoms with Gasteiger partial charge in [-0.05, 0) is 49.2 Å². The van der Waals surface area contributed by atoms with Crippen molar-refractivity contribution in [2.75, 3.05) is 24.5 Å². The van der Waals surface area contributed by atoms with Crippen molar-refractivity contribution in [2.24, 2.45) is 0 Å². The molecule has 1 aliphatic heterocycles. The lowest BCUT2D eigenvalue weighted by Crippen LogP contribution is -2.54. The first-order chi connectivity index (χ1) is 18.8. The maximum absolute atomic E-state index is 13.8. The van der Waals surface area contributed by atoms with Crippen LogP contribution >= 0.6 is 11.6 Å². The number of aryl methyl sites for hydroxylation is 1. The molecule has 0 spiro atoms. The van der Waals surface area contributed by atoms with Crippen LogP contribution in [0.4, 0.5) is 5.82 Å². The van der Waals surface area contributed by atoms with Crippen LogP contribution in [0.1, 0.15) is 25.8 Å². The Kier molecular flexibility index (Phi) is 7.34. The fraction of sp³-hybridized carbons (Fsp3) is 0.276. The quantitative estimate of drug-likeness (QED) is 0.368. The van der Waals surface area contributed by atoms with Gasteiger partial charge < -0.3 is 14.8 Å². The zero-order valence-corrected chi connectivity index (χ0v) is 22.6. The van der Waals surface area contributed by atoms with Crippen molar-refractivity contribution in [1.29, 1.82) is 0 Å². The number of amides is 1. The summed E-state index contributed by atoms with van der Waals surface area (Å²) >= 11 is 6.75. The summed E-state index contributed by atoms with van der Waals surface area (Å²) in [6, 6.07) is 12.6. The number of aromatic amines is 1. The Bertz CT molecular complexity index is 1690. The third-order valence-electron chi connectivity index (χ3n) is 7.01. The smallest absolute Gasteiger partial charge is 0.350 e. The number of para-hydroxylation sites is 1. The van der Waals surface area contributed by atoms with E-state index >= 15 is 0 Å². The number of pyridine rings is 2. The predicted octanol–water partition coefficient (Wildman–Crippen LogP) is 3.97. The van der Waals surface area contributed by atoms with Crippen LogP contribution in [-0.4, -0.2) is 56.0 Å². The van der Waals surface area contributed by atoms with Gasteiger partial charge in [0.2, 0.25) is 5.91 Å². The molecule has 0 aliphatic carbocycles. The monoisotopic (exact) mass is 544 g/mol. The SMILES string of the molecule is C=CC(=O)N1CCN(c2nc(=O)n(-c3ccccc3CCC)c3nc(-c4ccc[nH]c4=O)c(Cl)cc23)[C@@H](C)C1. The Hall–Kier alpha value is -4.24. The van der Waals surface area contributed by atoms with E-state index in [0.717, 1.165) is 18.4 Å². The van der Waals surface area contributed by atoms with E-state index in [9.17, 15) is 14.4 Å². The zero-order valence-electron chi connectivity index (χ0n) is 21.9. The summed E-state index contributed by atoms with van der Waals surface area (Å²) in [5.41, 5.74) is 1.78. The number of fused-ring (bicyclic) bond motifs is 1. The molecule has 9 nitrogen and oxygen atoms in total. The average molecular weight is 545 g/mol. The first-order valence-corrected chi connectivity index (χ1v) is 13.3. The molecule has 3 aromatic heterocycles. The van der Waals surface area contributed by atoms with Crippen LogP contribution in [0.25, 0.3) is 28.0 Å². The van der Waals surface area contributed by atoms with Gasteiger partial charge in [-0.2, -0.15) is 4.98 Å². The third-order valence-corrected chi connectivity index (χ3v) is 7.30. The summed E-state index contributed by atoms with van der Waals surface area (Å²) in [5.74, 6) is 0.310. The van der Waals surface area contributed by atoms with Crippen molar-refractivity contribution in [3.8, 4) is 16.9 Å². The molecule has 4 aromatic rings. The highest BCUT2D eigenvalue weighted by atomic mass is 35.5. The molecule has 1 amide bonds. The molecule has 200 valence electrons. The molecule has 39 heavy (non-hydrogen) atoms. The van der Waals surface area contributed by atoms with E-state index in [-0.39, 0.29) is 28.2 Å². The number of hydrogen-bond donors (Lipinski definition) is 1. The number of nitrogens with zero attached hydrogens (tertiary/aromatic N) is 5. The lowest BCUT2D eigenvalue weighted by Gasteiger charge is -2.40. The number of halogens is 1. The summed E-state index contributed by atoms with van der Waals surface area (Å²) < 4.78 is 1.50. The molecule has 0 bridgehead atoms. The van der Waals surface area contributed by atoms with Crippen LogP contribution in [0, 0.1) is 0 Å². The Balaban J connectivity index is 1.78. The second-order valence-electron chi connectivity index (χ2n) is 9.57. The average Bonchev–Trinajstić information content (AvgIpc) is 2.93. The first-order valence-electron chi connectivity index (χ1n) is 12.9. The highest BCUT2D eigenvalue weighted by Gasteiger charge is 2.30. The largest absolute Gasteiger partial charge is 0.355 e. The van der Waals surface area contributed by atoms with Crippen LogP contribution in [0.5, 0.6) is 0 Å². The summed E-state index contributed by atoms with van der Waals surface area (Å²) in [5, 5.41) is 0.847. The maximum Gasteiger partial charge on any atom is 0.355 e. The fourth-order valence-corrected chi connectivity index (χ4v) is 5.40. The van der Waals surface area contributed by atoms with E-state index in [2.05, 4.69) is 23.5 Å². The Morgan fingerprint density at radius 1 is 1.18 bits per heavy atom. The molecule has 1 atom stereocenters. The number of hydrogen-bond acceptors (Lipinski definition) is 6. The van der Waals surface area contributed by atoms with E-state index in [1.807, 2.05) is 36.1 Å². The molecule has 5 rings (SSSR count). The highest BCUT2D eigenvalue weighted by Crippen LogP contribution is 2.33. The molecule has 10 heteroatoms. The Labute approximate surface area is 230 Å². The van der Waals surface area contributed by atoms with E-state index in [1.54, 1.807) is 23.1 Å². The Morgan fingerprint density at radius 2 is 1.97 bits per heavy atom. The summed E-state index contributed by atoms with van der Waals surface area (Å²) in [7, 11) is 0. The fourth-order valence-electron chi connectivity index (χ4n) is 5.15. The number of benzene rings is 1. The predicted molar refractivity (Wildman–Crippen MR) is 154 cm³/mol. The minimum Gasteiger partial charge on any atom is -0.350 e. The van der Waals surface area contributed by atoms with E-state index in [1.165, 1.54) is 16.8 Å². The minimum absolute atomic E-state index is 0.128. The molecule has 0 unspecified atom stereocenters. The van der Waals surface area contributed by atoms with Crippen LogP contribution in [0.15, 0.2) is 70.9 Å². The van der Waals surface area contributed by atoms with Gasteiger partial charge in [0.25, 0.3) is 5.56 Å². The van der Waals surface area contributed by atoms with E-state index in [4.69, 9.17) is 16.6 Å². The molecule has 1 aromatic carbocycles. The van der Waals surface area contributed by atoms with Crippen molar-refractivity contribution >= 4 is 34.4 Å². The molecule has 1 fully saturated rings. The van der Waals surface area contributed by atoms with Gasteiger partial charge in [0.05, 0.1) is 27.4 Å². The molecule has 0 saturated carbocycles. The molecule has 1 saturated heterocycles. The maximum atomic E-state index is 13.8. The first kappa shape index (κ1) is 26.4. The van der Waals surface area contributed by atoms with Crippen LogP contribution in [-0.2, 0) is 11.2 Å². The molecule has 1 N–H and O–H groups in total. The van der Waals surface area contributed by atoms with Gasteiger partial charge in [0, 0.05) is 31.9 Å². The second-order valence-corrected chi connectivity index (χ2v) is 9.97. The van der Waals surface area contributed by atoms with Crippen molar-refractivity contribution in [3.05, 3.63) is 92.7 Å². The zero-order chi connectivity index (χ0) is 27.7. The van der Waals surface area contributed by atoms with Gasteiger partial charge >= 0.3 is 5.69 Å². The van der Waals surface area contributed by atoms with Crippen LogP contribution in [0.2, 0.25) is 5.02 Å². The van der Waals surface area contributed by atoms with Gasteiger partial charge in [-0.3, -0.25) is 9.59 Å². The number of rotatable bonds is 6. The molecular formula is C29H29ClN6O3. The van der Waals surface area contributed by atoms with Crippen molar-refractivity contribution in [1.82, 2.24) is 24.4 Å². The molecule has 0 radical (unpaired) electrons. The van der Waals surface area contributed by atoms with Crippen molar-refractivity contribution in [3.63, 3.8) is 0 Å². The topological polar surface area (TPSA) is 104 Å². The molecule has 4 heterocycles. The summed E-state index contributed by atoms with van der Waals surface area (Å²) in [6.07, 6.45) is 4.50. The van der Waals surface area contributed by atoms with E-state index in [0.29, 0.717) is 47.7 Å². The van der Waals surface area contributed by atoms with Crippen LogP contribution in [0.3, 0.4) is 0 Å². The third kappa shape index (κ3) is 4.85. The number of H-pyrrole nitrogens is 1. The van der Waals surface area contributed by atoms with Gasteiger partial charge in [0.15, 0.2) is 5.65 Å². The Morgan fingerprint density at radius 3 is 2.69 bits per heavy atom. The van der Waals surface area contributed by atoms with Crippen molar-refractivity contribution < 1.29 is 4.79 Å². The summed E-state index contributed by atoms with van der Waals surface area (Å²) in [6.45, 7) is 9.03. The standard InChI is InChI=1S/C29H29ClN6O3/c1-4-9-19-10-6-7-12-23(19)36-27-21(16-22(30)25(32-27)20-11-8-13-31-28(20)38)26(33-29(36)39)35-15-14-34(17-18(35)3)24(37)5-2/h5-8,10-13,16,18H,2,4,9,14-15,17H2,1,3H3,(H,31,38)/t18-/m0/s1.